The summed E-state index contributed by atoms with van der Waals surface area (Å²) in [4.78, 5) is 20.3. The molecule has 15 heteroatoms. The summed E-state index contributed by atoms with van der Waals surface area (Å²) in [5.41, 5.74) is 1.50. The zero-order valence-corrected chi connectivity index (χ0v) is 34.7. The number of benzene rings is 2. The molecule has 1 spiro atoms. The van der Waals surface area contributed by atoms with Crippen LogP contribution < -0.4 is 14.4 Å². The Balaban J connectivity index is 1.25. The molecule has 0 radical (unpaired) electrons. The molecule has 1 amide bonds. The number of alkyl halides is 3. The molecule has 2 saturated heterocycles. The van der Waals surface area contributed by atoms with E-state index in [2.05, 4.69) is 25.5 Å². The molecule has 57 heavy (non-hydrogen) atoms. The third-order valence-corrected chi connectivity index (χ3v) is 14.7. The summed E-state index contributed by atoms with van der Waals surface area (Å²) in [7, 11) is -3.90. The quantitative estimate of drug-likeness (QED) is 0.237. The molecule has 2 aliphatic carbocycles. The van der Waals surface area contributed by atoms with E-state index in [0.717, 1.165) is 56.4 Å². The lowest BCUT2D eigenvalue weighted by Crippen LogP contribution is -2.63. The van der Waals surface area contributed by atoms with Gasteiger partial charge in [-0.15, -0.1) is 0 Å². The molecule has 2 aromatic carbocycles. The largest absolute Gasteiger partial charge is 0.490 e. The number of rotatable bonds is 12. The van der Waals surface area contributed by atoms with Crippen molar-refractivity contribution in [2.24, 2.45) is 11.8 Å². The van der Waals surface area contributed by atoms with Crippen molar-refractivity contribution in [3.8, 4) is 5.75 Å². The lowest BCUT2D eigenvalue weighted by molar-refractivity contribution is -0.219. The number of aryl methyl sites for hydroxylation is 1. The van der Waals surface area contributed by atoms with Gasteiger partial charge < -0.3 is 19.1 Å². The van der Waals surface area contributed by atoms with Gasteiger partial charge >= 0.3 is 6.18 Å². The van der Waals surface area contributed by atoms with Gasteiger partial charge in [0.1, 0.15) is 18.0 Å². The van der Waals surface area contributed by atoms with Gasteiger partial charge in [-0.05, 0) is 106 Å². The van der Waals surface area contributed by atoms with Gasteiger partial charge in [-0.3, -0.25) is 14.6 Å². The summed E-state index contributed by atoms with van der Waals surface area (Å²) in [5, 5.41) is -0.142. The number of hydrogen-bond donors (Lipinski definition) is 1. The Bertz CT molecular complexity index is 1920. The Morgan fingerprint density at radius 2 is 1.96 bits per heavy atom. The number of anilines is 1. The first-order valence-corrected chi connectivity index (χ1v) is 22.3. The number of nitrogens with one attached hydrogen (secondary N) is 1. The molecule has 0 unspecified atom stereocenters. The molecule has 314 valence electrons. The highest BCUT2D eigenvalue weighted by Gasteiger charge is 2.52. The number of nitrogens with zero attached hydrogens (tertiary/aromatic N) is 3. The van der Waals surface area contributed by atoms with Gasteiger partial charge in [0.2, 0.25) is 10.0 Å². The van der Waals surface area contributed by atoms with Gasteiger partial charge in [0.05, 0.1) is 30.8 Å². The van der Waals surface area contributed by atoms with E-state index in [9.17, 15) is 26.4 Å². The first-order chi connectivity index (χ1) is 27.1. The molecule has 3 fully saturated rings. The van der Waals surface area contributed by atoms with Gasteiger partial charge in [-0.25, -0.2) is 13.1 Å². The number of morpholine rings is 1. The lowest BCUT2D eigenvalue weighted by Gasteiger charge is -2.53. The van der Waals surface area contributed by atoms with Crippen LogP contribution in [0.15, 0.2) is 48.6 Å². The van der Waals surface area contributed by atoms with E-state index < -0.39 is 45.0 Å². The Labute approximate surface area is 340 Å². The molecule has 1 N–H and O–H groups in total. The van der Waals surface area contributed by atoms with Crippen LogP contribution in [0.1, 0.15) is 74.4 Å². The van der Waals surface area contributed by atoms with Crippen molar-refractivity contribution < 1.29 is 40.6 Å². The Hall–Kier alpha value is -2.88. The van der Waals surface area contributed by atoms with Crippen LogP contribution in [0.3, 0.4) is 0 Å². The molecular weight excluding hydrogens is 781 g/mol. The summed E-state index contributed by atoms with van der Waals surface area (Å²) >= 11 is 6.48. The summed E-state index contributed by atoms with van der Waals surface area (Å²) < 4.78 is 88.5. The van der Waals surface area contributed by atoms with Crippen molar-refractivity contribution in [1.29, 1.82) is 0 Å². The smallest absolute Gasteiger partial charge is 0.411 e. The predicted octanol–water partition coefficient (Wildman–Crippen LogP) is 6.61. The van der Waals surface area contributed by atoms with E-state index in [0.29, 0.717) is 75.3 Å². The Kier molecular flexibility index (Phi) is 12.6. The van der Waals surface area contributed by atoms with Crippen molar-refractivity contribution in [3.63, 3.8) is 0 Å². The van der Waals surface area contributed by atoms with Crippen LogP contribution in [0.25, 0.3) is 0 Å². The standard InChI is InChI=1S/C42H56ClF3N4O6S/c1-4-5-15-41(56-28-42(44,45)46,26-48-16-17-49-18-19-54-24-34(49)23-48)36-11-8-32(36)22-50-25-40(14-6-7-30-20-33(43)10-12-35(30)40)27-55-38-13-9-31(21-37(38)50)39(51)47-57(52,53)29(2)3/h5,9-10,12-13,15,20-21,29,32,34,36H,4,6-8,11,14,16-19,22-28H2,1-3H3,(H,47,51)/b15-5+/t32-,34-,36+,40-,41+/m0/s1. The number of piperazine rings is 1. The summed E-state index contributed by atoms with van der Waals surface area (Å²) in [5.74, 6) is -0.469. The molecule has 5 atom stereocenters. The van der Waals surface area contributed by atoms with Crippen molar-refractivity contribution in [2.75, 3.05) is 77.1 Å². The molecule has 3 heterocycles. The second-order valence-corrected chi connectivity index (χ2v) is 19.6. The molecule has 0 aromatic heterocycles. The highest BCUT2D eigenvalue weighted by molar-refractivity contribution is 7.90. The maximum atomic E-state index is 14.1. The first kappa shape index (κ1) is 42.3. The lowest BCUT2D eigenvalue weighted by atomic mass is 9.63. The topological polar surface area (TPSA) is 101 Å². The highest BCUT2D eigenvalue weighted by atomic mass is 35.5. The van der Waals surface area contributed by atoms with E-state index >= 15 is 0 Å². The third-order valence-electron chi connectivity index (χ3n) is 12.8. The minimum Gasteiger partial charge on any atom is -0.490 e. The maximum Gasteiger partial charge on any atom is 0.411 e. The number of carbonyl (C=O) groups excluding carboxylic acids is 1. The van der Waals surface area contributed by atoms with Crippen LogP contribution in [-0.2, 0) is 31.3 Å². The second-order valence-electron chi connectivity index (χ2n) is 16.9. The highest BCUT2D eigenvalue weighted by Crippen LogP contribution is 2.50. The summed E-state index contributed by atoms with van der Waals surface area (Å²) in [6, 6.07) is 11.2. The SMILES string of the molecule is CC/C=C/[C@](CN1CCN2CCOC[C@@H]2C1)(OCC(F)(F)F)[C@@H]1CC[C@H]1CN1C[C@@]2(CCCc3cc(Cl)ccc32)COc2ccc(C(=O)NS(=O)(=O)C(C)C)cc21. The van der Waals surface area contributed by atoms with E-state index in [1.54, 1.807) is 18.2 Å². The zero-order valence-electron chi connectivity index (χ0n) is 33.2. The predicted molar refractivity (Wildman–Crippen MR) is 215 cm³/mol. The molecule has 1 saturated carbocycles. The average Bonchev–Trinajstić information content (AvgIpc) is 3.30. The molecular formula is C42H56ClF3N4O6S. The van der Waals surface area contributed by atoms with Crippen molar-refractivity contribution in [2.45, 2.75) is 87.8 Å². The molecule has 3 aliphatic heterocycles. The molecule has 7 rings (SSSR count). The fourth-order valence-electron chi connectivity index (χ4n) is 9.61. The maximum absolute atomic E-state index is 14.1. The monoisotopic (exact) mass is 836 g/mol. The average molecular weight is 837 g/mol. The van der Waals surface area contributed by atoms with Crippen LogP contribution in [0.5, 0.6) is 5.75 Å². The fourth-order valence-corrected chi connectivity index (χ4v) is 10.4. The number of fused-ring (bicyclic) bond motifs is 4. The minimum atomic E-state index is -4.51. The summed E-state index contributed by atoms with van der Waals surface area (Å²) in [6.45, 7) is 9.72. The van der Waals surface area contributed by atoms with Crippen molar-refractivity contribution >= 4 is 33.2 Å². The molecule has 10 nitrogen and oxygen atoms in total. The van der Waals surface area contributed by atoms with E-state index in [1.165, 1.54) is 13.8 Å². The minimum absolute atomic E-state index is 0.0610. The number of allylic oxidation sites excluding steroid dienone is 1. The number of amides is 1. The number of halogens is 4. The number of carbonyl (C=O) groups is 1. The fraction of sp³-hybridized carbons (Fsp3) is 0.643. The molecule has 2 aromatic rings. The number of hydrogen-bond acceptors (Lipinski definition) is 9. The molecule has 5 aliphatic rings. The van der Waals surface area contributed by atoms with Gasteiger partial charge in [-0.2, -0.15) is 13.2 Å². The Morgan fingerprint density at radius 3 is 2.70 bits per heavy atom. The van der Waals surface area contributed by atoms with Gasteiger partial charge in [0, 0.05) is 67.9 Å². The third kappa shape index (κ3) is 9.31. The van der Waals surface area contributed by atoms with Crippen LogP contribution >= 0.6 is 11.6 Å². The first-order valence-electron chi connectivity index (χ1n) is 20.4. The Morgan fingerprint density at radius 1 is 1.14 bits per heavy atom. The van der Waals surface area contributed by atoms with Crippen molar-refractivity contribution in [3.05, 3.63) is 70.3 Å². The van der Waals surface area contributed by atoms with Gasteiger partial charge in [0.25, 0.3) is 5.91 Å². The second kappa shape index (κ2) is 17.0. The van der Waals surface area contributed by atoms with Crippen LogP contribution in [0, 0.1) is 11.8 Å². The van der Waals surface area contributed by atoms with E-state index in [4.69, 9.17) is 25.8 Å². The normalized spacial score (nSPS) is 26.9. The number of sulfonamides is 1. The van der Waals surface area contributed by atoms with Gasteiger partial charge in [-0.1, -0.05) is 36.7 Å². The van der Waals surface area contributed by atoms with Crippen LogP contribution in [0.2, 0.25) is 5.02 Å². The number of ether oxygens (including phenoxy) is 3. The van der Waals surface area contributed by atoms with E-state index in [-0.39, 0.29) is 23.4 Å². The van der Waals surface area contributed by atoms with Crippen molar-refractivity contribution in [1.82, 2.24) is 14.5 Å². The zero-order chi connectivity index (χ0) is 40.6. The van der Waals surface area contributed by atoms with Crippen LogP contribution in [-0.4, -0.2) is 119 Å². The van der Waals surface area contributed by atoms with Crippen LogP contribution in [0.4, 0.5) is 18.9 Å². The van der Waals surface area contributed by atoms with E-state index in [1.807, 2.05) is 31.2 Å². The van der Waals surface area contributed by atoms with Gasteiger partial charge in [0.15, 0.2) is 0 Å². The molecule has 0 bridgehead atoms. The summed E-state index contributed by atoms with van der Waals surface area (Å²) in [6.07, 6.45) is 4.11.